The Hall–Kier alpha value is -3.19. The van der Waals surface area contributed by atoms with Crippen LogP contribution >= 0.6 is 0 Å². The first kappa shape index (κ1) is 27.4. The number of benzene rings is 1. The molecular weight excluding hydrogens is 510 g/mol. The predicted molar refractivity (Wildman–Crippen MR) is 134 cm³/mol. The molecule has 12 nitrogen and oxygen atoms in total. The number of rotatable bonds is 4. The van der Waals surface area contributed by atoms with Gasteiger partial charge in [0.05, 0.1) is 43.9 Å². The zero-order chi connectivity index (χ0) is 28.5. The first-order valence-electron chi connectivity index (χ1n) is 12.9. The van der Waals surface area contributed by atoms with Crippen molar-refractivity contribution in [3.05, 3.63) is 22.8 Å². The highest BCUT2D eigenvalue weighted by atomic mass is 16.5. The number of aromatic hydroxyl groups is 1. The van der Waals surface area contributed by atoms with E-state index in [4.69, 9.17) is 15.2 Å². The Morgan fingerprint density at radius 3 is 2.51 bits per heavy atom. The number of carbonyl (C=O) groups excluding carboxylic acids is 5. The fraction of sp³-hybridized carbons (Fsp3) is 0.593. The predicted octanol–water partition coefficient (Wildman–Crippen LogP) is -1.12. The molecule has 4 aliphatic rings. The maximum absolute atomic E-state index is 13.9. The quantitative estimate of drug-likeness (QED) is 0.392. The molecule has 1 heterocycles. The standard InChI is InChI=1S/C27H33N3O9/c1-29(2)20-14-8-11-7-13-18(16(31)9-12(23(13)38-4)15-10-39-6-5-30(15)3)21(32)17(11)24(34)27(14,37)25(35)19(22(20)33)26(28)36/h9,11,14-15,17,19-20,31,37H,5-8,10H2,1-4H3,(H2,28,36). The third kappa shape index (κ3) is 3.76. The number of carbonyl (C=O) groups is 5. The number of nitrogens with zero attached hydrogens (tertiary/aromatic N) is 2. The number of hydrogen-bond donors (Lipinski definition) is 3. The Bertz CT molecular complexity index is 1290. The summed E-state index contributed by atoms with van der Waals surface area (Å²) in [4.78, 5) is 69.9. The van der Waals surface area contributed by atoms with Gasteiger partial charge in [-0.25, -0.2) is 0 Å². The van der Waals surface area contributed by atoms with E-state index in [1.54, 1.807) is 14.1 Å². The van der Waals surface area contributed by atoms with Crippen LogP contribution in [0.3, 0.4) is 0 Å². The molecule has 7 atom stereocenters. The van der Waals surface area contributed by atoms with Crippen LogP contribution in [-0.4, -0.2) is 109 Å². The van der Waals surface area contributed by atoms with Crippen molar-refractivity contribution in [2.45, 2.75) is 30.5 Å². The summed E-state index contributed by atoms with van der Waals surface area (Å²) in [5, 5.41) is 22.7. The average Bonchev–Trinajstić information content (AvgIpc) is 2.86. The number of amides is 1. The third-order valence-corrected chi connectivity index (χ3v) is 9.00. The highest BCUT2D eigenvalue weighted by Gasteiger charge is 2.69. The van der Waals surface area contributed by atoms with Gasteiger partial charge in [-0.1, -0.05) is 0 Å². The van der Waals surface area contributed by atoms with E-state index in [-0.39, 0.29) is 30.2 Å². The minimum Gasteiger partial charge on any atom is -0.507 e. The lowest BCUT2D eigenvalue weighted by molar-refractivity contribution is -0.181. The number of nitrogens with two attached hydrogens (primary N) is 1. The van der Waals surface area contributed by atoms with Crippen molar-refractivity contribution in [3.63, 3.8) is 0 Å². The fourth-order valence-electron chi connectivity index (χ4n) is 7.18. The molecule has 12 heteroatoms. The summed E-state index contributed by atoms with van der Waals surface area (Å²) in [6.07, 6.45) is 0.109. The zero-order valence-electron chi connectivity index (χ0n) is 22.3. The lowest BCUT2D eigenvalue weighted by atomic mass is 9.52. The van der Waals surface area contributed by atoms with Crippen molar-refractivity contribution >= 4 is 29.0 Å². The first-order valence-corrected chi connectivity index (χ1v) is 12.9. The molecule has 0 radical (unpaired) electrons. The van der Waals surface area contributed by atoms with Gasteiger partial charge in [-0.05, 0) is 46.0 Å². The molecule has 0 aromatic heterocycles. The molecule has 39 heavy (non-hydrogen) atoms. The van der Waals surface area contributed by atoms with Gasteiger partial charge in [0.2, 0.25) is 5.91 Å². The summed E-state index contributed by atoms with van der Waals surface area (Å²) >= 11 is 0. The summed E-state index contributed by atoms with van der Waals surface area (Å²) < 4.78 is 11.4. The van der Waals surface area contributed by atoms with Crippen molar-refractivity contribution in [1.82, 2.24) is 9.80 Å². The topological polar surface area (TPSA) is 177 Å². The van der Waals surface area contributed by atoms with Gasteiger partial charge in [-0.2, -0.15) is 0 Å². The molecule has 7 unspecified atom stereocenters. The van der Waals surface area contributed by atoms with Gasteiger partial charge in [0.25, 0.3) is 0 Å². The molecule has 3 fully saturated rings. The lowest BCUT2D eigenvalue weighted by Gasteiger charge is -2.52. The van der Waals surface area contributed by atoms with Crippen molar-refractivity contribution < 1.29 is 43.7 Å². The molecule has 3 aliphatic carbocycles. The van der Waals surface area contributed by atoms with Crippen LogP contribution in [0.4, 0.5) is 0 Å². The smallest absolute Gasteiger partial charge is 0.235 e. The van der Waals surface area contributed by atoms with Gasteiger partial charge >= 0.3 is 0 Å². The van der Waals surface area contributed by atoms with Gasteiger partial charge in [-0.3, -0.25) is 33.8 Å². The average molecular weight is 544 g/mol. The van der Waals surface area contributed by atoms with E-state index in [1.165, 1.54) is 18.1 Å². The molecule has 0 spiro atoms. The minimum atomic E-state index is -2.75. The van der Waals surface area contributed by atoms with Crippen LogP contribution in [0.25, 0.3) is 0 Å². The van der Waals surface area contributed by atoms with Gasteiger partial charge < -0.3 is 25.4 Å². The number of Topliss-reactive ketones (excluding diaryl/α,β-unsaturated/α-hetero) is 4. The van der Waals surface area contributed by atoms with Gasteiger partial charge in [-0.15, -0.1) is 0 Å². The molecule has 2 saturated carbocycles. The zero-order valence-corrected chi connectivity index (χ0v) is 22.3. The highest BCUT2D eigenvalue weighted by molar-refractivity contribution is 6.32. The number of primary amides is 1. The summed E-state index contributed by atoms with van der Waals surface area (Å²) in [7, 11) is 6.48. The molecule has 1 amide bonds. The highest BCUT2D eigenvalue weighted by Crippen LogP contribution is 2.53. The van der Waals surface area contributed by atoms with E-state index in [0.29, 0.717) is 36.6 Å². The van der Waals surface area contributed by atoms with Crippen LogP contribution < -0.4 is 10.5 Å². The van der Waals surface area contributed by atoms with Crippen LogP contribution in [0.15, 0.2) is 6.07 Å². The van der Waals surface area contributed by atoms with Crippen molar-refractivity contribution in [3.8, 4) is 11.5 Å². The Morgan fingerprint density at radius 2 is 1.92 bits per heavy atom. The Kier molecular flexibility index (Phi) is 6.65. The molecule has 1 saturated heterocycles. The molecule has 1 aromatic rings. The number of morpholine rings is 1. The van der Waals surface area contributed by atoms with Crippen LogP contribution in [0.5, 0.6) is 11.5 Å². The molecule has 0 bridgehead atoms. The number of phenolic OH excluding ortho intramolecular Hbond substituents is 1. The summed E-state index contributed by atoms with van der Waals surface area (Å²) in [5.74, 6) is -10.4. The molecule has 210 valence electrons. The van der Waals surface area contributed by atoms with E-state index < -0.39 is 64.4 Å². The summed E-state index contributed by atoms with van der Waals surface area (Å²) in [6.45, 7) is 1.57. The minimum absolute atomic E-state index is 0.0233. The second-order valence-corrected chi connectivity index (χ2v) is 11.2. The number of ketones is 4. The van der Waals surface area contributed by atoms with Gasteiger partial charge in [0.15, 0.2) is 34.7 Å². The normalized spacial score (nSPS) is 34.9. The van der Waals surface area contributed by atoms with Crippen molar-refractivity contribution in [2.24, 2.45) is 29.4 Å². The number of hydrogen-bond acceptors (Lipinski definition) is 11. The third-order valence-electron chi connectivity index (χ3n) is 9.00. The van der Waals surface area contributed by atoms with Gasteiger partial charge in [0.1, 0.15) is 11.5 Å². The monoisotopic (exact) mass is 543 g/mol. The maximum atomic E-state index is 13.9. The molecule has 4 N–H and O–H groups in total. The van der Waals surface area contributed by atoms with E-state index >= 15 is 0 Å². The maximum Gasteiger partial charge on any atom is 0.235 e. The second-order valence-electron chi connectivity index (χ2n) is 11.2. The van der Waals surface area contributed by atoms with Crippen LogP contribution in [0.2, 0.25) is 0 Å². The largest absolute Gasteiger partial charge is 0.507 e. The molecular formula is C27H33N3O9. The Labute approximate surface area is 225 Å². The lowest BCUT2D eigenvalue weighted by Crippen LogP contribution is -2.74. The Balaban J connectivity index is 1.64. The van der Waals surface area contributed by atoms with E-state index in [2.05, 4.69) is 4.90 Å². The number of ether oxygens (including phenoxy) is 2. The Morgan fingerprint density at radius 1 is 1.23 bits per heavy atom. The molecule has 5 rings (SSSR count). The number of methoxy groups -OCH3 is 1. The SMILES string of the molecule is COc1c(C2COCCN2C)cc(O)c2c1CC1CC3C(N(C)C)C(=O)C(C(N)=O)C(=O)C3(O)C(=O)C1C2=O. The molecule has 1 aliphatic heterocycles. The number of phenols is 1. The first-order chi connectivity index (χ1) is 18.4. The van der Waals surface area contributed by atoms with E-state index in [1.807, 2.05) is 7.05 Å². The fourth-order valence-corrected chi connectivity index (χ4v) is 7.18. The van der Waals surface area contributed by atoms with Gasteiger partial charge in [0, 0.05) is 23.6 Å². The molecule has 1 aromatic carbocycles. The van der Waals surface area contributed by atoms with E-state index in [0.717, 1.165) is 0 Å². The number of aliphatic hydroxyl groups is 1. The van der Waals surface area contributed by atoms with Crippen molar-refractivity contribution in [1.29, 1.82) is 0 Å². The summed E-state index contributed by atoms with van der Waals surface area (Å²) in [6, 6.07) is 0.0427. The van der Waals surface area contributed by atoms with Crippen LogP contribution in [0.1, 0.15) is 33.9 Å². The van der Waals surface area contributed by atoms with Crippen molar-refractivity contribution in [2.75, 3.05) is 48.0 Å². The van der Waals surface area contributed by atoms with Crippen LogP contribution in [0, 0.1) is 23.7 Å². The van der Waals surface area contributed by atoms with Crippen LogP contribution in [-0.2, 0) is 30.3 Å². The number of likely N-dealkylation sites (N-methyl/N-ethyl adjacent to an activating group) is 2. The number of fused-ring (bicyclic) bond motifs is 3. The second kappa shape index (κ2) is 9.47. The van der Waals surface area contributed by atoms with E-state index in [9.17, 15) is 34.2 Å². The summed E-state index contributed by atoms with van der Waals surface area (Å²) in [5.41, 5.74) is 3.57.